The number of hydrogen-bond donors (Lipinski definition) is 1. The van der Waals surface area contributed by atoms with Gasteiger partial charge in [-0.1, -0.05) is 13.8 Å². The Kier molecular flexibility index (Phi) is 7.02. The van der Waals surface area contributed by atoms with Crippen molar-refractivity contribution in [3.63, 3.8) is 0 Å². The monoisotopic (exact) mass is 390 g/mol. The van der Waals surface area contributed by atoms with Crippen LogP contribution in [-0.4, -0.2) is 83.5 Å². The van der Waals surface area contributed by atoms with Crippen molar-refractivity contribution >= 4 is 17.3 Å². The molecule has 0 spiro atoms. The summed E-state index contributed by atoms with van der Waals surface area (Å²) in [6, 6.07) is 6.11. The molecule has 1 fully saturated rings. The fourth-order valence-electron chi connectivity index (χ4n) is 3.75. The van der Waals surface area contributed by atoms with Crippen LogP contribution in [0.4, 0.5) is 11.4 Å². The lowest BCUT2D eigenvalue weighted by molar-refractivity contribution is -0.121. The number of nitrogens with zero attached hydrogens (tertiary/aromatic N) is 3. The predicted molar refractivity (Wildman–Crippen MR) is 113 cm³/mol. The fraction of sp³-hybridized carbons (Fsp3) is 0.667. The largest absolute Gasteiger partial charge is 0.489 e. The van der Waals surface area contributed by atoms with Gasteiger partial charge in [0.05, 0.1) is 31.5 Å². The number of hydrogen-bond acceptors (Lipinski definition) is 6. The molecule has 7 heteroatoms. The number of fused-ring (bicyclic) bond motifs is 1. The van der Waals surface area contributed by atoms with Gasteiger partial charge in [0.2, 0.25) is 5.91 Å². The topological polar surface area (TPSA) is 57.3 Å². The van der Waals surface area contributed by atoms with E-state index in [1.165, 1.54) is 0 Å². The summed E-state index contributed by atoms with van der Waals surface area (Å²) in [5, 5.41) is 3.05. The average Bonchev–Trinajstić information content (AvgIpc) is 2.66. The number of morpholine rings is 1. The zero-order chi connectivity index (χ0) is 20.1. The van der Waals surface area contributed by atoms with Crippen LogP contribution in [0.3, 0.4) is 0 Å². The van der Waals surface area contributed by atoms with E-state index in [0.717, 1.165) is 43.4 Å². The molecule has 28 heavy (non-hydrogen) atoms. The highest BCUT2D eigenvalue weighted by atomic mass is 16.5. The summed E-state index contributed by atoms with van der Waals surface area (Å²) < 4.78 is 11.6. The molecule has 0 unspecified atom stereocenters. The Labute approximate surface area is 168 Å². The van der Waals surface area contributed by atoms with E-state index in [0.29, 0.717) is 32.2 Å². The van der Waals surface area contributed by atoms with Gasteiger partial charge in [-0.25, -0.2) is 0 Å². The minimum absolute atomic E-state index is 0.0223. The Hall–Kier alpha value is -1.99. The molecule has 7 nitrogen and oxygen atoms in total. The Bertz CT molecular complexity index is 665. The molecule has 2 heterocycles. The molecule has 2 aliphatic rings. The molecule has 0 aliphatic carbocycles. The van der Waals surface area contributed by atoms with Gasteiger partial charge in [-0.15, -0.1) is 0 Å². The first-order valence-corrected chi connectivity index (χ1v) is 10.2. The smallest absolute Gasteiger partial charge is 0.239 e. The van der Waals surface area contributed by atoms with E-state index in [4.69, 9.17) is 9.47 Å². The Morgan fingerprint density at radius 3 is 2.86 bits per heavy atom. The molecular formula is C21H34N4O3. The van der Waals surface area contributed by atoms with Crippen molar-refractivity contribution in [3.05, 3.63) is 18.2 Å². The normalized spacial score (nSPS) is 19.9. The molecule has 3 rings (SSSR count). The van der Waals surface area contributed by atoms with Crippen LogP contribution in [0.5, 0.6) is 5.75 Å². The molecule has 1 aromatic rings. The van der Waals surface area contributed by atoms with Gasteiger partial charge in [0.25, 0.3) is 0 Å². The van der Waals surface area contributed by atoms with Crippen LogP contribution in [0.1, 0.15) is 13.8 Å². The molecule has 1 amide bonds. The average molecular weight is 391 g/mol. The third-order valence-corrected chi connectivity index (χ3v) is 5.13. The Morgan fingerprint density at radius 1 is 1.29 bits per heavy atom. The number of carbonyl (C=O) groups excluding carboxylic acids is 1. The van der Waals surface area contributed by atoms with Gasteiger partial charge >= 0.3 is 0 Å². The number of nitrogens with one attached hydrogen (secondary N) is 1. The molecule has 1 atom stereocenters. The van der Waals surface area contributed by atoms with Crippen LogP contribution in [0.25, 0.3) is 0 Å². The van der Waals surface area contributed by atoms with E-state index < -0.39 is 0 Å². The molecule has 2 aliphatic heterocycles. The van der Waals surface area contributed by atoms with Gasteiger partial charge in [0, 0.05) is 52.0 Å². The van der Waals surface area contributed by atoms with Crippen molar-refractivity contribution in [1.82, 2.24) is 10.2 Å². The van der Waals surface area contributed by atoms with E-state index in [1.54, 1.807) is 0 Å². The van der Waals surface area contributed by atoms with Crippen LogP contribution >= 0.6 is 0 Å². The molecule has 156 valence electrons. The number of ether oxygens (including phenoxy) is 2. The lowest BCUT2D eigenvalue weighted by atomic mass is 10.2. The molecule has 1 saturated heterocycles. The summed E-state index contributed by atoms with van der Waals surface area (Å²) in [6.07, 6.45) is 0.0658. The van der Waals surface area contributed by atoms with Crippen LogP contribution in [0.2, 0.25) is 0 Å². The Balaban J connectivity index is 1.50. The molecule has 1 N–H and O–H groups in total. The second-order valence-electron chi connectivity index (χ2n) is 8.27. The summed E-state index contributed by atoms with van der Waals surface area (Å²) >= 11 is 0. The van der Waals surface area contributed by atoms with Gasteiger partial charge in [-0.2, -0.15) is 0 Å². The molecule has 0 radical (unpaired) electrons. The Morgan fingerprint density at radius 2 is 2.11 bits per heavy atom. The highest BCUT2D eigenvalue weighted by Crippen LogP contribution is 2.34. The minimum atomic E-state index is 0.0223. The summed E-state index contributed by atoms with van der Waals surface area (Å²) in [6.45, 7) is 10.3. The number of benzene rings is 1. The van der Waals surface area contributed by atoms with Gasteiger partial charge in [-0.05, 0) is 18.1 Å². The SMILES string of the molecule is CC(C)CN1CCO[C@@H](CNC(=O)CN2CCOc3cc(N(C)C)ccc32)C1. The van der Waals surface area contributed by atoms with Crippen molar-refractivity contribution in [2.24, 2.45) is 5.92 Å². The zero-order valence-electron chi connectivity index (χ0n) is 17.6. The van der Waals surface area contributed by atoms with Crippen molar-refractivity contribution in [3.8, 4) is 5.75 Å². The first-order chi connectivity index (χ1) is 13.4. The number of anilines is 2. The first-order valence-electron chi connectivity index (χ1n) is 10.2. The van der Waals surface area contributed by atoms with E-state index in [1.807, 2.05) is 31.1 Å². The van der Waals surface area contributed by atoms with Crippen molar-refractivity contribution in [2.75, 3.05) is 76.4 Å². The standard InChI is InChI=1S/C21H34N4O3/c1-16(2)13-24-7-9-27-18(14-24)12-22-21(26)15-25-8-10-28-20-11-17(23(3)4)5-6-19(20)25/h5-6,11,16,18H,7-10,12-15H2,1-4H3,(H,22,26)/t18-/m0/s1. The number of carbonyl (C=O) groups is 1. The van der Waals surface area contributed by atoms with Gasteiger partial charge in [0.15, 0.2) is 0 Å². The quantitative estimate of drug-likeness (QED) is 0.760. The maximum atomic E-state index is 12.5. The van der Waals surface area contributed by atoms with Crippen LogP contribution in [0.15, 0.2) is 18.2 Å². The van der Waals surface area contributed by atoms with Gasteiger partial charge in [-0.3, -0.25) is 9.69 Å². The molecule has 0 aromatic heterocycles. The van der Waals surface area contributed by atoms with Crippen molar-refractivity contribution < 1.29 is 14.3 Å². The lowest BCUT2D eigenvalue weighted by Crippen LogP contribution is -2.49. The van der Waals surface area contributed by atoms with Crippen molar-refractivity contribution in [1.29, 1.82) is 0 Å². The van der Waals surface area contributed by atoms with E-state index in [2.05, 4.69) is 35.0 Å². The second kappa shape index (κ2) is 9.47. The van der Waals surface area contributed by atoms with Gasteiger partial charge < -0.3 is 24.6 Å². The fourth-order valence-corrected chi connectivity index (χ4v) is 3.75. The highest BCUT2D eigenvalue weighted by molar-refractivity contribution is 5.82. The minimum Gasteiger partial charge on any atom is -0.489 e. The maximum absolute atomic E-state index is 12.5. The lowest BCUT2D eigenvalue weighted by Gasteiger charge is -2.34. The third-order valence-electron chi connectivity index (χ3n) is 5.13. The molecule has 0 saturated carbocycles. The zero-order valence-corrected chi connectivity index (χ0v) is 17.6. The summed E-state index contributed by atoms with van der Waals surface area (Å²) in [5.74, 6) is 1.50. The number of amides is 1. The van der Waals surface area contributed by atoms with Crippen LogP contribution in [-0.2, 0) is 9.53 Å². The molecule has 0 bridgehead atoms. The van der Waals surface area contributed by atoms with E-state index >= 15 is 0 Å². The van der Waals surface area contributed by atoms with Crippen molar-refractivity contribution in [2.45, 2.75) is 20.0 Å². The highest BCUT2D eigenvalue weighted by Gasteiger charge is 2.23. The van der Waals surface area contributed by atoms with Crippen LogP contribution in [0, 0.1) is 5.92 Å². The number of rotatable bonds is 7. The van der Waals surface area contributed by atoms with Gasteiger partial charge in [0.1, 0.15) is 12.4 Å². The second-order valence-corrected chi connectivity index (χ2v) is 8.27. The maximum Gasteiger partial charge on any atom is 0.239 e. The third kappa shape index (κ3) is 5.52. The van der Waals surface area contributed by atoms with E-state index in [9.17, 15) is 4.79 Å². The summed E-state index contributed by atoms with van der Waals surface area (Å²) in [7, 11) is 4.01. The predicted octanol–water partition coefficient (Wildman–Crippen LogP) is 1.42. The van der Waals surface area contributed by atoms with E-state index in [-0.39, 0.29) is 12.0 Å². The molecular weight excluding hydrogens is 356 g/mol. The summed E-state index contributed by atoms with van der Waals surface area (Å²) in [4.78, 5) is 19.1. The molecule has 1 aromatic carbocycles. The first kappa shape index (κ1) is 20.7. The summed E-state index contributed by atoms with van der Waals surface area (Å²) in [5.41, 5.74) is 2.06. The van der Waals surface area contributed by atoms with Crippen LogP contribution < -0.4 is 19.9 Å².